The van der Waals surface area contributed by atoms with E-state index < -0.39 is 6.10 Å². The van der Waals surface area contributed by atoms with Gasteiger partial charge >= 0.3 is 0 Å². The standard InChI is InChI=1S/C20H27N3O2/c1-16-11-17(2)13-19(12-16)25-15-18(24)14-22-7-9-23(10-8-22)20-5-3-4-6-21-20/h3-6,11-13,18,24H,7-10,14-15H2,1-2H3/p+1. The zero-order valence-corrected chi connectivity index (χ0v) is 15.1. The SMILES string of the molecule is Cc1cc(C)cc(OCC(O)C[NH+]2CCN(c3ccccn3)CC2)c1. The van der Waals surface area contributed by atoms with Crippen LogP contribution in [0.25, 0.3) is 0 Å². The summed E-state index contributed by atoms with van der Waals surface area (Å²) < 4.78 is 5.78. The van der Waals surface area contributed by atoms with Crippen LogP contribution in [0.3, 0.4) is 0 Å². The Kier molecular flexibility index (Phi) is 5.89. The molecule has 3 rings (SSSR count). The van der Waals surface area contributed by atoms with Gasteiger partial charge < -0.3 is 19.6 Å². The molecule has 0 amide bonds. The summed E-state index contributed by atoms with van der Waals surface area (Å²) in [5, 5.41) is 10.3. The summed E-state index contributed by atoms with van der Waals surface area (Å²) in [4.78, 5) is 8.14. The number of ether oxygens (including phenoxy) is 1. The van der Waals surface area contributed by atoms with Gasteiger partial charge in [0.25, 0.3) is 0 Å². The lowest BCUT2D eigenvalue weighted by Gasteiger charge is -2.33. The molecule has 1 aliphatic heterocycles. The Morgan fingerprint density at radius 1 is 1.16 bits per heavy atom. The number of aryl methyl sites for hydroxylation is 2. The molecule has 1 aromatic carbocycles. The minimum atomic E-state index is -0.447. The molecule has 1 unspecified atom stereocenters. The van der Waals surface area contributed by atoms with Crippen molar-refractivity contribution in [2.45, 2.75) is 20.0 Å². The van der Waals surface area contributed by atoms with Crippen molar-refractivity contribution in [3.8, 4) is 5.75 Å². The number of hydrogen-bond donors (Lipinski definition) is 2. The summed E-state index contributed by atoms with van der Waals surface area (Å²) in [7, 11) is 0. The molecular weight excluding hydrogens is 314 g/mol. The number of anilines is 1. The van der Waals surface area contributed by atoms with Crippen LogP contribution in [0, 0.1) is 13.8 Å². The fourth-order valence-corrected chi connectivity index (χ4v) is 3.40. The first-order valence-electron chi connectivity index (χ1n) is 8.99. The second-order valence-electron chi connectivity index (χ2n) is 6.92. The molecule has 2 aromatic rings. The highest BCUT2D eigenvalue weighted by molar-refractivity contribution is 5.37. The molecule has 0 saturated carbocycles. The van der Waals surface area contributed by atoms with Gasteiger partial charge in [0.2, 0.25) is 0 Å². The second kappa shape index (κ2) is 8.32. The number of aliphatic hydroxyl groups excluding tert-OH is 1. The van der Waals surface area contributed by atoms with Crippen molar-refractivity contribution >= 4 is 5.82 Å². The average Bonchev–Trinajstić information content (AvgIpc) is 2.61. The minimum absolute atomic E-state index is 0.344. The van der Waals surface area contributed by atoms with Crippen molar-refractivity contribution in [3.05, 3.63) is 53.7 Å². The number of pyridine rings is 1. The molecule has 5 heteroatoms. The maximum Gasteiger partial charge on any atom is 0.137 e. The molecule has 2 heterocycles. The van der Waals surface area contributed by atoms with E-state index >= 15 is 0 Å². The normalized spacial score (nSPS) is 16.7. The molecule has 5 nitrogen and oxygen atoms in total. The van der Waals surface area contributed by atoms with Crippen LogP contribution in [-0.4, -0.2) is 55.5 Å². The van der Waals surface area contributed by atoms with Crippen molar-refractivity contribution in [2.75, 3.05) is 44.2 Å². The summed E-state index contributed by atoms with van der Waals surface area (Å²) in [6.07, 6.45) is 1.39. The number of rotatable bonds is 6. The Bertz CT molecular complexity index is 650. The number of nitrogens with one attached hydrogen (secondary N) is 1. The molecule has 1 fully saturated rings. The van der Waals surface area contributed by atoms with Gasteiger partial charge in [-0.3, -0.25) is 0 Å². The van der Waals surface area contributed by atoms with E-state index in [4.69, 9.17) is 4.74 Å². The molecule has 25 heavy (non-hydrogen) atoms. The van der Waals surface area contributed by atoms with Gasteiger partial charge in [0.05, 0.1) is 26.2 Å². The molecule has 0 radical (unpaired) electrons. The lowest BCUT2D eigenvalue weighted by molar-refractivity contribution is -0.903. The van der Waals surface area contributed by atoms with E-state index in [1.165, 1.54) is 16.0 Å². The first-order chi connectivity index (χ1) is 12.1. The van der Waals surface area contributed by atoms with E-state index in [-0.39, 0.29) is 0 Å². The highest BCUT2D eigenvalue weighted by Crippen LogP contribution is 2.16. The van der Waals surface area contributed by atoms with Gasteiger partial charge in [-0.25, -0.2) is 4.98 Å². The Labute approximate surface area is 149 Å². The van der Waals surface area contributed by atoms with Crippen LogP contribution in [0.4, 0.5) is 5.82 Å². The maximum atomic E-state index is 10.3. The van der Waals surface area contributed by atoms with Crippen LogP contribution < -0.4 is 14.5 Å². The van der Waals surface area contributed by atoms with E-state index in [2.05, 4.69) is 35.9 Å². The molecule has 2 N–H and O–H groups in total. The number of aliphatic hydroxyl groups is 1. The highest BCUT2D eigenvalue weighted by Gasteiger charge is 2.23. The van der Waals surface area contributed by atoms with Gasteiger partial charge in [0.1, 0.15) is 30.8 Å². The summed E-state index contributed by atoms with van der Waals surface area (Å²) in [5.74, 6) is 1.88. The molecule has 0 spiro atoms. The molecule has 0 aliphatic carbocycles. The van der Waals surface area contributed by atoms with Gasteiger partial charge in [0.15, 0.2) is 0 Å². The maximum absolute atomic E-state index is 10.3. The summed E-state index contributed by atoms with van der Waals surface area (Å²) in [6, 6.07) is 12.2. The molecular formula is C20H28N3O2+. The summed E-state index contributed by atoms with van der Waals surface area (Å²) in [6.45, 7) is 9.14. The predicted molar refractivity (Wildman–Crippen MR) is 99.4 cm³/mol. The fraction of sp³-hybridized carbons (Fsp3) is 0.450. The molecule has 0 bridgehead atoms. The van der Waals surface area contributed by atoms with Crippen molar-refractivity contribution in [1.82, 2.24) is 4.98 Å². The summed E-state index contributed by atoms with van der Waals surface area (Å²) in [5.41, 5.74) is 2.36. The number of piperazine rings is 1. The number of benzene rings is 1. The van der Waals surface area contributed by atoms with E-state index in [1.54, 1.807) is 0 Å². The van der Waals surface area contributed by atoms with E-state index in [9.17, 15) is 5.11 Å². The molecule has 1 aromatic heterocycles. The Hall–Kier alpha value is -2.11. The Morgan fingerprint density at radius 2 is 1.88 bits per heavy atom. The molecule has 134 valence electrons. The topological polar surface area (TPSA) is 50.0 Å². The van der Waals surface area contributed by atoms with E-state index in [0.717, 1.165) is 44.3 Å². The van der Waals surface area contributed by atoms with Crippen LogP contribution >= 0.6 is 0 Å². The number of hydrogen-bond acceptors (Lipinski definition) is 4. The van der Waals surface area contributed by atoms with Crippen molar-refractivity contribution in [2.24, 2.45) is 0 Å². The fourth-order valence-electron chi connectivity index (χ4n) is 3.40. The molecule has 1 saturated heterocycles. The zero-order chi connectivity index (χ0) is 17.6. The lowest BCUT2D eigenvalue weighted by Crippen LogP contribution is -3.16. The third-order valence-electron chi connectivity index (χ3n) is 4.61. The van der Waals surface area contributed by atoms with Gasteiger partial charge in [0, 0.05) is 6.20 Å². The van der Waals surface area contributed by atoms with Crippen LogP contribution in [0.2, 0.25) is 0 Å². The third-order valence-corrected chi connectivity index (χ3v) is 4.61. The largest absolute Gasteiger partial charge is 0.491 e. The van der Waals surface area contributed by atoms with E-state index in [0.29, 0.717) is 6.61 Å². The second-order valence-corrected chi connectivity index (χ2v) is 6.92. The highest BCUT2D eigenvalue weighted by atomic mass is 16.5. The minimum Gasteiger partial charge on any atom is -0.491 e. The average molecular weight is 342 g/mol. The number of aromatic nitrogens is 1. The van der Waals surface area contributed by atoms with Crippen LogP contribution in [0.15, 0.2) is 42.6 Å². The summed E-state index contributed by atoms with van der Waals surface area (Å²) >= 11 is 0. The Balaban J connectivity index is 1.42. The van der Waals surface area contributed by atoms with Gasteiger partial charge in [-0.2, -0.15) is 0 Å². The van der Waals surface area contributed by atoms with Crippen LogP contribution in [0.5, 0.6) is 5.75 Å². The quantitative estimate of drug-likeness (QED) is 0.817. The van der Waals surface area contributed by atoms with Crippen LogP contribution in [-0.2, 0) is 0 Å². The molecule has 1 aliphatic rings. The van der Waals surface area contributed by atoms with E-state index in [1.807, 2.05) is 30.5 Å². The van der Waals surface area contributed by atoms with Crippen LogP contribution in [0.1, 0.15) is 11.1 Å². The monoisotopic (exact) mass is 342 g/mol. The predicted octanol–water partition coefficient (Wildman–Crippen LogP) is 0.843. The molecule has 1 atom stereocenters. The Morgan fingerprint density at radius 3 is 2.52 bits per heavy atom. The number of quaternary nitrogens is 1. The van der Waals surface area contributed by atoms with Crippen molar-refractivity contribution < 1.29 is 14.7 Å². The van der Waals surface area contributed by atoms with Gasteiger partial charge in [-0.05, 0) is 49.2 Å². The smallest absolute Gasteiger partial charge is 0.137 e. The van der Waals surface area contributed by atoms with Gasteiger partial charge in [-0.15, -0.1) is 0 Å². The van der Waals surface area contributed by atoms with Gasteiger partial charge in [-0.1, -0.05) is 12.1 Å². The zero-order valence-electron chi connectivity index (χ0n) is 15.1. The lowest BCUT2D eigenvalue weighted by atomic mass is 10.1. The number of nitrogens with zero attached hydrogens (tertiary/aromatic N) is 2. The third kappa shape index (κ3) is 5.18. The first-order valence-corrected chi connectivity index (χ1v) is 8.99. The van der Waals surface area contributed by atoms with Crippen molar-refractivity contribution in [1.29, 1.82) is 0 Å². The van der Waals surface area contributed by atoms with Crippen molar-refractivity contribution in [3.63, 3.8) is 0 Å². The first kappa shape index (κ1) is 17.7.